The zero-order valence-corrected chi connectivity index (χ0v) is 11.9. The highest BCUT2D eigenvalue weighted by Crippen LogP contribution is 2.34. The monoisotopic (exact) mass is 267 g/mol. The van der Waals surface area contributed by atoms with Crippen molar-refractivity contribution >= 4 is 23.0 Å². The molecule has 2 rings (SSSR count). The molecule has 18 heavy (non-hydrogen) atoms. The Morgan fingerprint density at radius 2 is 2.00 bits per heavy atom. The number of benzene rings is 1. The number of nitrogens with two attached hydrogens (primary N) is 1. The topological polar surface area (TPSA) is 41.3 Å². The molecule has 0 aliphatic heterocycles. The summed E-state index contributed by atoms with van der Waals surface area (Å²) in [6.07, 6.45) is 5.13. The molecule has 3 nitrogen and oxygen atoms in total. The van der Waals surface area contributed by atoms with Crippen LogP contribution in [-0.4, -0.2) is 31.1 Å². The van der Waals surface area contributed by atoms with E-state index in [1.165, 1.54) is 25.7 Å². The second-order valence-corrected chi connectivity index (χ2v) is 5.83. The molecule has 0 spiro atoms. The Morgan fingerprint density at radius 3 is 2.56 bits per heavy atom. The van der Waals surface area contributed by atoms with Crippen molar-refractivity contribution in [3.05, 3.63) is 23.2 Å². The highest BCUT2D eigenvalue weighted by Gasteiger charge is 2.35. The molecule has 1 fully saturated rings. The molecule has 100 valence electrons. The van der Waals surface area contributed by atoms with Gasteiger partial charge in [0.15, 0.2) is 0 Å². The molecule has 1 aromatic rings. The molecule has 0 unspecified atom stereocenters. The lowest BCUT2D eigenvalue weighted by molar-refractivity contribution is 0.172. The quantitative estimate of drug-likeness (QED) is 0.823. The molecule has 0 radical (unpaired) electrons. The van der Waals surface area contributed by atoms with E-state index < -0.39 is 0 Å². The summed E-state index contributed by atoms with van der Waals surface area (Å²) in [5.41, 5.74) is 7.64. The average Bonchev–Trinajstić information content (AvgIpc) is 2.78. The summed E-state index contributed by atoms with van der Waals surface area (Å²) in [6.45, 7) is 0.934. The molecule has 0 aromatic heterocycles. The fourth-order valence-corrected chi connectivity index (χ4v) is 3.01. The van der Waals surface area contributed by atoms with Crippen molar-refractivity contribution in [2.75, 3.05) is 31.7 Å². The van der Waals surface area contributed by atoms with Crippen LogP contribution in [0.1, 0.15) is 25.7 Å². The van der Waals surface area contributed by atoms with Gasteiger partial charge in [0.25, 0.3) is 0 Å². The first-order valence-electron chi connectivity index (χ1n) is 6.50. The van der Waals surface area contributed by atoms with Gasteiger partial charge in [0.2, 0.25) is 0 Å². The summed E-state index contributed by atoms with van der Waals surface area (Å²) in [6, 6.07) is 5.63. The number of anilines is 2. The van der Waals surface area contributed by atoms with Gasteiger partial charge in [0.05, 0.1) is 10.7 Å². The molecule has 0 heterocycles. The van der Waals surface area contributed by atoms with Crippen LogP contribution in [0.2, 0.25) is 5.02 Å². The van der Waals surface area contributed by atoms with E-state index in [0.717, 1.165) is 12.2 Å². The fourth-order valence-electron chi connectivity index (χ4n) is 2.75. The van der Waals surface area contributed by atoms with Crippen LogP contribution in [0.15, 0.2) is 18.2 Å². The second-order valence-electron chi connectivity index (χ2n) is 5.42. The predicted octanol–water partition coefficient (Wildman–Crippen LogP) is 3.21. The van der Waals surface area contributed by atoms with Crippen molar-refractivity contribution in [1.82, 2.24) is 4.90 Å². The predicted molar refractivity (Wildman–Crippen MR) is 79.2 cm³/mol. The van der Waals surface area contributed by atoms with Gasteiger partial charge in [-0.1, -0.05) is 24.4 Å². The maximum absolute atomic E-state index is 6.18. The van der Waals surface area contributed by atoms with E-state index in [-0.39, 0.29) is 5.54 Å². The lowest BCUT2D eigenvalue weighted by atomic mass is 9.96. The molecule has 0 saturated heterocycles. The lowest BCUT2D eigenvalue weighted by Gasteiger charge is -2.37. The number of nitrogens with zero attached hydrogens (tertiary/aromatic N) is 1. The number of likely N-dealkylation sites (N-methyl/N-ethyl adjacent to an activating group) is 1. The average molecular weight is 268 g/mol. The van der Waals surface area contributed by atoms with Gasteiger partial charge in [-0.05, 0) is 45.1 Å². The van der Waals surface area contributed by atoms with Gasteiger partial charge in [0, 0.05) is 17.8 Å². The Labute approximate surface area is 114 Å². The maximum atomic E-state index is 6.18. The fraction of sp³-hybridized carbons (Fsp3) is 0.571. The van der Waals surface area contributed by atoms with Crippen LogP contribution in [0.25, 0.3) is 0 Å². The Kier molecular flexibility index (Phi) is 4.03. The van der Waals surface area contributed by atoms with Gasteiger partial charge in [-0.3, -0.25) is 0 Å². The smallest absolute Gasteiger partial charge is 0.0657 e. The second kappa shape index (κ2) is 5.37. The summed E-state index contributed by atoms with van der Waals surface area (Å²) in [5.74, 6) is 0. The number of nitrogens with one attached hydrogen (secondary N) is 1. The van der Waals surface area contributed by atoms with Crippen molar-refractivity contribution in [3.8, 4) is 0 Å². The Bertz CT molecular complexity index is 412. The van der Waals surface area contributed by atoms with Crippen LogP contribution >= 0.6 is 11.6 Å². The van der Waals surface area contributed by atoms with Crippen molar-refractivity contribution in [2.24, 2.45) is 0 Å². The van der Waals surface area contributed by atoms with Gasteiger partial charge in [0.1, 0.15) is 0 Å². The maximum Gasteiger partial charge on any atom is 0.0657 e. The Balaban J connectivity index is 2.06. The lowest BCUT2D eigenvalue weighted by Crippen LogP contribution is -2.47. The Hall–Kier alpha value is -0.930. The van der Waals surface area contributed by atoms with Crippen molar-refractivity contribution < 1.29 is 0 Å². The van der Waals surface area contributed by atoms with E-state index in [9.17, 15) is 0 Å². The first-order chi connectivity index (χ1) is 8.53. The number of halogens is 1. The third kappa shape index (κ3) is 2.73. The zero-order chi connectivity index (χ0) is 13.2. The summed E-state index contributed by atoms with van der Waals surface area (Å²) in [4.78, 5) is 2.35. The van der Waals surface area contributed by atoms with Gasteiger partial charge in [-0.25, -0.2) is 0 Å². The number of nitrogen functional groups attached to an aromatic ring is 1. The molecule has 0 atom stereocenters. The van der Waals surface area contributed by atoms with Crippen LogP contribution in [0.5, 0.6) is 0 Å². The highest BCUT2D eigenvalue weighted by atomic mass is 35.5. The minimum Gasteiger partial charge on any atom is -0.399 e. The minimum absolute atomic E-state index is 0.269. The molecular weight excluding hydrogens is 246 g/mol. The van der Waals surface area contributed by atoms with Crippen molar-refractivity contribution in [3.63, 3.8) is 0 Å². The summed E-state index contributed by atoms with van der Waals surface area (Å²) in [7, 11) is 4.33. The van der Waals surface area contributed by atoms with E-state index in [1.807, 2.05) is 12.1 Å². The zero-order valence-electron chi connectivity index (χ0n) is 11.2. The minimum atomic E-state index is 0.269. The number of hydrogen-bond donors (Lipinski definition) is 2. The summed E-state index contributed by atoms with van der Waals surface area (Å²) < 4.78 is 0. The number of hydrogen-bond acceptors (Lipinski definition) is 3. The molecule has 1 aromatic carbocycles. The van der Waals surface area contributed by atoms with E-state index in [4.69, 9.17) is 17.3 Å². The normalized spacial score (nSPS) is 18.2. The summed E-state index contributed by atoms with van der Waals surface area (Å²) >= 11 is 6.18. The SMILES string of the molecule is CN(C)C1(CNc2ccc(N)cc2Cl)CCCC1. The molecule has 0 amide bonds. The molecule has 0 bridgehead atoms. The van der Waals surface area contributed by atoms with Gasteiger partial charge in [-0.2, -0.15) is 0 Å². The van der Waals surface area contributed by atoms with E-state index in [0.29, 0.717) is 10.7 Å². The molecule has 3 N–H and O–H groups in total. The first-order valence-corrected chi connectivity index (χ1v) is 6.88. The van der Waals surface area contributed by atoms with E-state index in [1.54, 1.807) is 6.07 Å². The van der Waals surface area contributed by atoms with Gasteiger partial charge >= 0.3 is 0 Å². The van der Waals surface area contributed by atoms with Crippen LogP contribution in [0.4, 0.5) is 11.4 Å². The van der Waals surface area contributed by atoms with Gasteiger partial charge < -0.3 is 16.0 Å². The van der Waals surface area contributed by atoms with Crippen LogP contribution < -0.4 is 11.1 Å². The summed E-state index contributed by atoms with van der Waals surface area (Å²) in [5, 5.41) is 4.17. The Morgan fingerprint density at radius 1 is 1.33 bits per heavy atom. The highest BCUT2D eigenvalue weighted by molar-refractivity contribution is 6.33. The molecule has 1 aliphatic carbocycles. The van der Waals surface area contributed by atoms with Crippen molar-refractivity contribution in [2.45, 2.75) is 31.2 Å². The van der Waals surface area contributed by atoms with E-state index in [2.05, 4.69) is 24.3 Å². The largest absolute Gasteiger partial charge is 0.399 e. The van der Waals surface area contributed by atoms with Crippen molar-refractivity contribution in [1.29, 1.82) is 0 Å². The number of rotatable bonds is 4. The standard InChI is InChI=1S/C14H22ClN3/c1-18(2)14(7-3-4-8-14)10-17-13-6-5-11(16)9-12(13)15/h5-6,9,17H,3-4,7-8,10,16H2,1-2H3. The van der Waals surface area contributed by atoms with Crippen LogP contribution in [-0.2, 0) is 0 Å². The molecular formula is C14H22ClN3. The third-order valence-corrected chi connectivity index (χ3v) is 4.40. The van der Waals surface area contributed by atoms with Gasteiger partial charge in [-0.15, -0.1) is 0 Å². The first kappa shape index (κ1) is 13.5. The van der Waals surface area contributed by atoms with E-state index >= 15 is 0 Å². The molecule has 1 saturated carbocycles. The third-order valence-electron chi connectivity index (χ3n) is 4.08. The molecule has 1 aliphatic rings. The van der Waals surface area contributed by atoms with Crippen LogP contribution in [0, 0.1) is 0 Å². The molecule has 4 heteroatoms. The van der Waals surface area contributed by atoms with Crippen LogP contribution in [0.3, 0.4) is 0 Å².